The second-order valence-corrected chi connectivity index (χ2v) is 7.97. The maximum Gasteiger partial charge on any atom is 0.488 e. The molecule has 0 amide bonds. The Morgan fingerprint density at radius 2 is 2.04 bits per heavy atom. The molecule has 0 aromatic heterocycles. The van der Waals surface area contributed by atoms with Crippen molar-refractivity contribution < 1.29 is 27.8 Å². The number of hydrogen-bond donors (Lipinski definition) is 0. The Hall–Kier alpha value is -1.05. The number of para-hydroxylation sites is 1. The van der Waals surface area contributed by atoms with E-state index in [4.69, 9.17) is 21.8 Å². The highest BCUT2D eigenvalue weighted by molar-refractivity contribution is 7.30. The molecule has 1 aromatic carbocycles. The summed E-state index contributed by atoms with van der Waals surface area (Å²) in [6, 6.07) is 5.94. The Bertz CT molecular complexity index is 673. The molecule has 5 unspecified atom stereocenters. The molecule has 2 aliphatic heterocycles. The van der Waals surface area contributed by atoms with Crippen molar-refractivity contribution in [3.8, 4) is 0 Å². The van der Waals surface area contributed by atoms with Crippen LogP contribution in [0.5, 0.6) is 0 Å². The van der Waals surface area contributed by atoms with Gasteiger partial charge in [0.05, 0.1) is 17.4 Å². The van der Waals surface area contributed by atoms with E-state index in [2.05, 4.69) is 0 Å². The van der Waals surface area contributed by atoms with Crippen LogP contribution in [0.25, 0.3) is 0 Å². The fourth-order valence-corrected chi connectivity index (χ4v) is 4.27. The molecule has 2 aliphatic rings. The van der Waals surface area contributed by atoms with Crippen LogP contribution in [0.1, 0.15) is 33.1 Å². The van der Waals surface area contributed by atoms with Crippen molar-refractivity contribution in [2.75, 3.05) is 18.0 Å². The van der Waals surface area contributed by atoms with Crippen molar-refractivity contribution in [2.45, 2.75) is 63.0 Å². The van der Waals surface area contributed by atoms with Gasteiger partial charge in [0, 0.05) is 19.1 Å². The summed E-state index contributed by atoms with van der Waals surface area (Å²) >= 11 is 0. The van der Waals surface area contributed by atoms with Gasteiger partial charge in [-0.2, -0.15) is 0 Å². The van der Waals surface area contributed by atoms with Crippen LogP contribution in [0.2, 0.25) is 0 Å². The standard InChI is InChI=1S/C18H24BFNO5P/c1-3-14-15(26-27(22)23)16(17(19)24-14)25-18(2)8-10-21(11-9-18)13-7-5-4-6-12(13)20/h4-7,14-17H,3,8-11H2,1-2H3. The molecule has 5 atom stereocenters. The van der Waals surface area contributed by atoms with E-state index in [1.54, 1.807) is 12.1 Å². The molecule has 2 radical (unpaired) electrons. The predicted octanol–water partition coefficient (Wildman–Crippen LogP) is 2.28. The summed E-state index contributed by atoms with van der Waals surface area (Å²) in [5.41, 5.74) is 0.0580. The number of hydrogen-bond acceptors (Lipinski definition) is 6. The smallest absolute Gasteiger partial charge is 0.488 e. The molecular formula is C18H24BFNO5P. The first-order chi connectivity index (χ1) is 12.8. The van der Waals surface area contributed by atoms with Crippen molar-refractivity contribution in [3.05, 3.63) is 30.1 Å². The minimum Gasteiger partial charge on any atom is -0.566 e. The second-order valence-electron chi connectivity index (χ2n) is 7.31. The lowest BCUT2D eigenvalue weighted by Gasteiger charge is -2.42. The molecule has 146 valence electrons. The van der Waals surface area contributed by atoms with Crippen molar-refractivity contribution in [3.63, 3.8) is 0 Å². The van der Waals surface area contributed by atoms with Gasteiger partial charge in [-0.15, -0.1) is 4.52 Å². The first-order valence-electron chi connectivity index (χ1n) is 9.22. The van der Waals surface area contributed by atoms with Crippen molar-refractivity contribution >= 4 is 21.8 Å². The van der Waals surface area contributed by atoms with Crippen molar-refractivity contribution in [2.24, 2.45) is 0 Å². The Morgan fingerprint density at radius 3 is 2.63 bits per heavy atom. The van der Waals surface area contributed by atoms with E-state index in [9.17, 15) is 13.8 Å². The Morgan fingerprint density at radius 1 is 1.37 bits per heavy atom. The zero-order chi connectivity index (χ0) is 19.6. The molecule has 0 spiro atoms. The summed E-state index contributed by atoms with van der Waals surface area (Å²) in [6.07, 6.45) is 0.00863. The third kappa shape index (κ3) is 4.69. The van der Waals surface area contributed by atoms with Crippen LogP contribution in [-0.2, 0) is 18.6 Å². The molecule has 0 aliphatic carbocycles. The van der Waals surface area contributed by atoms with Gasteiger partial charge < -0.3 is 19.3 Å². The first-order valence-corrected chi connectivity index (χ1v) is 10.3. The Kier molecular flexibility index (Phi) is 6.54. The van der Waals surface area contributed by atoms with E-state index < -0.39 is 38.2 Å². The van der Waals surface area contributed by atoms with E-state index >= 15 is 0 Å². The van der Waals surface area contributed by atoms with E-state index in [0.717, 1.165) is 0 Å². The van der Waals surface area contributed by atoms with Gasteiger partial charge in [-0.25, -0.2) is 4.39 Å². The monoisotopic (exact) mass is 395 g/mol. The van der Waals surface area contributed by atoms with Gasteiger partial charge >= 0.3 is 8.25 Å². The fourth-order valence-electron chi connectivity index (χ4n) is 3.82. The van der Waals surface area contributed by atoms with E-state index in [1.807, 2.05) is 24.8 Å². The van der Waals surface area contributed by atoms with Gasteiger partial charge in [0.25, 0.3) is 0 Å². The molecule has 27 heavy (non-hydrogen) atoms. The van der Waals surface area contributed by atoms with Crippen LogP contribution in [0, 0.1) is 5.82 Å². The lowest BCUT2D eigenvalue weighted by molar-refractivity contribution is -0.198. The van der Waals surface area contributed by atoms with Crippen LogP contribution in [0.3, 0.4) is 0 Å². The summed E-state index contributed by atoms with van der Waals surface area (Å²) < 4.78 is 42.0. The van der Waals surface area contributed by atoms with Crippen molar-refractivity contribution in [1.82, 2.24) is 0 Å². The maximum absolute atomic E-state index is 14.0. The number of nitrogens with zero attached hydrogens (tertiary/aromatic N) is 1. The number of piperidine rings is 1. The normalized spacial score (nSPS) is 31.1. The summed E-state index contributed by atoms with van der Waals surface area (Å²) in [4.78, 5) is 13.1. The molecule has 2 fully saturated rings. The van der Waals surface area contributed by atoms with Crippen LogP contribution in [0.4, 0.5) is 10.1 Å². The van der Waals surface area contributed by atoms with Crippen molar-refractivity contribution in [1.29, 1.82) is 0 Å². The molecule has 1 aromatic rings. The lowest BCUT2D eigenvalue weighted by Crippen LogP contribution is -2.50. The minimum atomic E-state index is -3.04. The molecule has 0 N–H and O–H groups in total. The van der Waals surface area contributed by atoms with Crippen LogP contribution in [0.15, 0.2) is 24.3 Å². The number of benzene rings is 1. The zero-order valence-corrected chi connectivity index (χ0v) is 16.4. The topological polar surface area (TPSA) is 71.1 Å². The zero-order valence-electron chi connectivity index (χ0n) is 15.5. The van der Waals surface area contributed by atoms with Gasteiger partial charge in [0.15, 0.2) is 6.10 Å². The summed E-state index contributed by atoms with van der Waals surface area (Å²) in [5, 5.41) is 0. The van der Waals surface area contributed by atoms with Gasteiger partial charge in [-0.1, -0.05) is 19.1 Å². The second kappa shape index (κ2) is 8.54. The molecule has 9 heteroatoms. The molecule has 0 bridgehead atoms. The highest BCUT2D eigenvalue weighted by Gasteiger charge is 2.49. The highest BCUT2D eigenvalue weighted by Crippen LogP contribution is 2.37. The number of halogens is 1. The fraction of sp³-hybridized carbons (Fsp3) is 0.667. The third-order valence-corrected chi connectivity index (χ3v) is 5.81. The number of anilines is 1. The Labute approximate surface area is 161 Å². The molecular weight excluding hydrogens is 371 g/mol. The van der Waals surface area contributed by atoms with E-state index in [-0.39, 0.29) is 5.82 Å². The van der Waals surface area contributed by atoms with Crippen LogP contribution in [-0.4, -0.2) is 50.9 Å². The maximum atomic E-state index is 14.0. The van der Waals surface area contributed by atoms with Gasteiger partial charge in [0.2, 0.25) is 0 Å². The number of rotatable bonds is 6. The number of ether oxygens (including phenoxy) is 2. The van der Waals surface area contributed by atoms with E-state index in [1.165, 1.54) is 6.07 Å². The van der Waals surface area contributed by atoms with Gasteiger partial charge in [-0.05, 0) is 42.9 Å². The van der Waals surface area contributed by atoms with Gasteiger partial charge in [0.1, 0.15) is 19.8 Å². The quantitative estimate of drug-likeness (QED) is 0.544. The van der Waals surface area contributed by atoms with Crippen LogP contribution >= 0.6 is 8.25 Å². The van der Waals surface area contributed by atoms with Gasteiger partial charge in [-0.3, -0.25) is 0 Å². The highest BCUT2D eigenvalue weighted by atomic mass is 31.1. The first kappa shape index (κ1) is 20.7. The SMILES string of the molecule is [B]C1OC(CC)C(O[P+](=O)[O-])C1OC1(C)CCN(c2ccccc2F)CC1. The molecule has 0 saturated carbocycles. The third-order valence-electron chi connectivity index (χ3n) is 5.39. The average molecular weight is 395 g/mol. The largest absolute Gasteiger partial charge is 0.566 e. The summed E-state index contributed by atoms with van der Waals surface area (Å²) in [5.74, 6) is -0.244. The van der Waals surface area contributed by atoms with E-state index in [0.29, 0.717) is 38.0 Å². The Balaban J connectivity index is 1.66. The molecule has 2 saturated heterocycles. The van der Waals surface area contributed by atoms with Crippen LogP contribution < -0.4 is 9.79 Å². The predicted molar refractivity (Wildman–Crippen MR) is 98.3 cm³/mol. The minimum absolute atomic E-state index is 0.244. The average Bonchev–Trinajstić information content (AvgIpc) is 2.91. The molecule has 2 heterocycles. The molecule has 3 rings (SSSR count). The summed E-state index contributed by atoms with van der Waals surface area (Å²) in [7, 11) is 3.01. The lowest BCUT2D eigenvalue weighted by atomic mass is 9.89. The molecule has 6 nitrogen and oxygen atoms in total. The summed E-state index contributed by atoms with van der Waals surface area (Å²) in [6.45, 7) is 5.09.